The Morgan fingerprint density at radius 1 is 1.26 bits per heavy atom. The first-order chi connectivity index (χ1) is 15.0. The predicted octanol–water partition coefficient (Wildman–Crippen LogP) is 3.55. The highest BCUT2D eigenvalue weighted by Gasteiger charge is 2.25. The maximum absolute atomic E-state index is 12.8. The molecule has 2 amide bonds. The molecule has 0 aliphatic heterocycles. The molecular formula is C23H32N4O4. The highest BCUT2D eigenvalue weighted by molar-refractivity contribution is 5.96. The van der Waals surface area contributed by atoms with E-state index in [0.29, 0.717) is 18.0 Å². The maximum Gasteiger partial charge on any atom is 0.270 e. The number of carbonyl (C=O) groups excluding carboxylic acids is 2. The fourth-order valence-electron chi connectivity index (χ4n) is 2.58. The molecule has 0 radical (unpaired) electrons. The maximum atomic E-state index is 12.8. The van der Waals surface area contributed by atoms with Crippen molar-refractivity contribution in [2.75, 3.05) is 20.8 Å². The fourth-order valence-corrected chi connectivity index (χ4v) is 2.58. The van der Waals surface area contributed by atoms with Crippen LogP contribution in [0.25, 0.3) is 5.69 Å². The third-order valence-corrected chi connectivity index (χ3v) is 4.12. The average Bonchev–Trinajstić information content (AvgIpc) is 3.29. The van der Waals surface area contributed by atoms with Crippen molar-refractivity contribution < 1.29 is 19.2 Å². The van der Waals surface area contributed by atoms with Gasteiger partial charge in [-0.3, -0.25) is 14.4 Å². The minimum atomic E-state index is -0.804. The number of aromatic nitrogens is 2. The van der Waals surface area contributed by atoms with Gasteiger partial charge in [-0.1, -0.05) is 32.1 Å². The molecule has 0 spiro atoms. The summed E-state index contributed by atoms with van der Waals surface area (Å²) in [7, 11) is 2.86. The molecule has 8 nitrogen and oxygen atoms in total. The number of hydrogen-bond acceptors (Lipinski definition) is 5. The van der Waals surface area contributed by atoms with Gasteiger partial charge in [0.25, 0.3) is 11.8 Å². The van der Waals surface area contributed by atoms with Gasteiger partial charge in [-0.25, -0.2) is 9.75 Å². The van der Waals surface area contributed by atoms with E-state index >= 15 is 0 Å². The van der Waals surface area contributed by atoms with Gasteiger partial charge in [0.2, 0.25) is 0 Å². The van der Waals surface area contributed by atoms with Gasteiger partial charge in [0, 0.05) is 13.1 Å². The minimum Gasteiger partial charge on any atom is -0.493 e. The molecule has 0 saturated heterocycles. The number of nitrogens with one attached hydrogen (secondary N) is 1. The van der Waals surface area contributed by atoms with E-state index in [4.69, 9.17) is 9.57 Å². The molecule has 168 valence electrons. The number of carbonyl (C=O) groups is 2. The second-order valence-corrected chi connectivity index (χ2v) is 6.12. The number of nitrogens with zero attached hydrogens (tertiary/aromatic N) is 3. The van der Waals surface area contributed by atoms with Crippen molar-refractivity contribution in [3.63, 3.8) is 0 Å². The second-order valence-electron chi connectivity index (χ2n) is 6.12. The number of hydrogen-bond donors (Lipinski definition) is 1. The number of amides is 2. The van der Waals surface area contributed by atoms with E-state index in [1.807, 2.05) is 32.0 Å². The molecule has 0 saturated carbocycles. The zero-order valence-corrected chi connectivity index (χ0v) is 18.7. The van der Waals surface area contributed by atoms with E-state index in [1.165, 1.54) is 25.0 Å². The number of rotatable bonds is 11. The molecule has 0 aliphatic rings. The highest BCUT2D eigenvalue weighted by Crippen LogP contribution is 2.18. The first kappa shape index (κ1) is 25.6. The van der Waals surface area contributed by atoms with Crippen LogP contribution in [0.3, 0.4) is 0 Å². The van der Waals surface area contributed by atoms with Crippen molar-refractivity contribution in [3.05, 3.63) is 67.5 Å². The molecule has 0 fully saturated rings. The van der Waals surface area contributed by atoms with Crippen molar-refractivity contribution in [2.24, 2.45) is 0 Å². The quantitative estimate of drug-likeness (QED) is 0.336. The fraction of sp³-hybridized carbons (Fsp3) is 0.348. The van der Waals surface area contributed by atoms with Crippen molar-refractivity contribution in [1.82, 2.24) is 20.2 Å². The summed E-state index contributed by atoms with van der Waals surface area (Å²) in [5.74, 6) is -0.165. The van der Waals surface area contributed by atoms with Crippen molar-refractivity contribution in [3.8, 4) is 11.4 Å². The van der Waals surface area contributed by atoms with Gasteiger partial charge in [0.05, 0.1) is 25.6 Å². The van der Waals surface area contributed by atoms with E-state index < -0.39 is 11.9 Å². The molecule has 0 aliphatic carbocycles. The van der Waals surface area contributed by atoms with Crippen molar-refractivity contribution in [1.29, 1.82) is 0 Å². The van der Waals surface area contributed by atoms with Gasteiger partial charge >= 0.3 is 0 Å². The van der Waals surface area contributed by atoms with Crippen LogP contribution in [0.5, 0.6) is 5.75 Å². The van der Waals surface area contributed by atoms with Crippen LogP contribution >= 0.6 is 0 Å². The van der Waals surface area contributed by atoms with E-state index in [9.17, 15) is 9.59 Å². The molecule has 2 aromatic rings. The van der Waals surface area contributed by atoms with Gasteiger partial charge in [-0.2, -0.15) is 5.10 Å². The van der Waals surface area contributed by atoms with Gasteiger partial charge in [0.15, 0.2) is 0 Å². The van der Waals surface area contributed by atoms with E-state index in [0.717, 1.165) is 11.5 Å². The zero-order chi connectivity index (χ0) is 23.2. The molecule has 1 atom stereocenters. The summed E-state index contributed by atoms with van der Waals surface area (Å²) >= 11 is 0. The summed E-state index contributed by atoms with van der Waals surface area (Å²) in [6.45, 7) is 11.8. The average molecular weight is 429 g/mol. The predicted molar refractivity (Wildman–Crippen MR) is 121 cm³/mol. The van der Waals surface area contributed by atoms with Gasteiger partial charge in [-0.15, -0.1) is 13.2 Å². The lowest BCUT2D eigenvalue weighted by Crippen LogP contribution is -2.47. The van der Waals surface area contributed by atoms with Crippen LogP contribution in [-0.4, -0.2) is 53.5 Å². The third kappa shape index (κ3) is 7.42. The number of ether oxygens (including phenoxy) is 1. The van der Waals surface area contributed by atoms with Crippen LogP contribution in [0.15, 0.2) is 61.8 Å². The van der Waals surface area contributed by atoms with Gasteiger partial charge in [0.1, 0.15) is 17.5 Å². The lowest BCUT2D eigenvalue weighted by molar-refractivity contribution is -0.170. The lowest BCUT2D eigenvalue weighted by Gasteiger charge is -2.22. The summed E-state index contributed by atoms with van der Waals surface area (Å²) in [6, 6.07) is 8.03. The summed E-state index contributed by atoms with van der Waals surface area (Å²) in [6.07, 6.45) is 5.86. The summed E-state index contributed by atoms with van der Waals surface area (Å²) in [4.78, 5) is 30.1. The van der Waals surface area contributed by atoms with Crippen LogP contribution in [0, 0.1) is 0 Å². The Hall–Kier alpha value is -3.39. The first-order valence-electron chi connectivity index (χ1n) is 10.1. The largest absolute Gasteiger partial charge is 0.493 e. The van der Waals surface area contributed by atoms with Crippen LogP contribution in [-0.2, 0) is 9.63 Å². The van der Waals surface area contributed by atoms with Crippen LogP contribution in [0.1, 0.15) is 37.2 Å². The molecule has 1 heterocycles. The van der Waals surface area contributed by atoms with Crippen molar-refractivity contribution >= 4 is 11.8 Å². The van der Waals surface area contributed by atoms with Gasteiger partial charge in [-0.05, 0) is 31.0 Å². The van der Waals surface area contributed by atoms with E-state index in [1.54, 1.807) is 24.3 Å². The number of hydroxylamine groups is 2. The molecule has 2 rings (SSSR count). The standard InChI is InChI=1S/C21H26N4O4.C2H6/c1-5-7-14-29-17-11-8-10-16(15-17)25-19(12-13-22-25)20(26)23-18(9-6-2)21(27)24(3)28-4;1-2/h5-6,8,10-13,15,18H,1-2,7,9,14H2,3-4H3,(H,23,26);1-2H3/t18-;/m0./s1. The van der Waals surface area contributed by atoms with Gasteiger partial charge < -0.3 is 10.1 Å². The molecule has 1 N–H and O–H groups in total. The van der Waals surface area contributed by atoms with Crippen molar-refractivity contribution in [2.45, 2.75) is 32.7 Å². The Morgan fingerprint density at radius 2 is 2.00 bits per heavy atom. The summed E-state index contributed by atoms with van der Waals surface area (Å²) in [5, 5.41) is 8.02. The number of benzene rings is 1. The smallest absolute Gasteiger partial charge is 0.270 e. The molecule has 0 bridgehead atoms. The minimum absolute atomic E-state index is 0.263. The highest BCUT2D eigenvalue weighted by atomic mass is 16.7. The molecule has 1 aromatic heterocycles. The monoisotopic (exact) mass is 428 g/mol. The molecular weight excluding hydrogens is 396 g/mol. The summed E-state index contributed by atoms with van der Waals surface area (Å²) in [5.41, 5.74) is 0.951. The summed E-state index contributed by atoms with van der Waals surface area (Å²) < 4.78 is 7.16. The van der Waals surface area contributed by atoms with Crippen LogP contribution in [0.4, 0.5) is 0 Å². The molecule has 8 heteroatoms. The second kappa shape index (κ2) is 13.8. The third-order valence-electron chi connectivity index (χ3n) is 4.12. The Bertz CT molecular complexity index is 863. The van der Waals surface area contributed by atoms with E-state index in [2.05, 4.69) is 23.6 Å². The molecule has 31 heavy (non-hydrogen) atoms. The Balaban J connectivity index is 0.00000233. The van der Waals surface area contributed by atoms with Crippen LogP contribution < -0.4 is 10.1 Å². The molecule has 1 aromatic carbocycles. The SMILES string of the molecule is C=CCCOc1cccc(-n2nccc2C(=O)N[C@@H](CC=C)C(=O)N(C)OC)c1.CC. The Labute approximate surface area is 184 Å². The number of likely N-dealkylation sites (N-methyl/N-ethyl adjacent to an activating group) is 1. The van der Waals surface area contributed by atoms with Crippen LogP contribution in [0.2, 0.25) is 0 Å². The lowest BCUT2D eigenvalue weighted by atomic mass is 10.2. The first-order valence-corrected chi connectivity index (χ1v) is 10.1. The Morgan fingerprint density at radius 3 is 2.65 bits per heavy atom. The Kier molecular flexibility index (Phi) is 11.4. The zero-order valence-electron chi connectivity index (χ0n) is 18.7. The normalized spacial score (nSPS) is 10.8. The molecule has 0 unspecified atom stereocenters. The van der Waals surface area contributed by atoms with E-state index in [-0.39, 0.29) is 18.0 Å². The topological polar surface area (TPSA) is 85.7 Å².